The van der Waals surface area contributed by atoms with E-state index in [2.05, 4.69) is 19.9 Å². The zero-order valence-electron chi connectivity index (χ0n) is 22.7. The van der Waals surface area contributed by atoms with Gasteiger partial charge in [0.05, 0.1) is 37.1 Å². The lowest BCUT2D eigenvalue weighted by Crippen LogP contribution is -2.34. The van der Waals surface area contributed by atoms with Gasteiger partial charge in [-0.25, -0.2) is 19.6 Å². The Hall–Kier alpha value is -3.42. The quantitative estimate of drug-likeness (QED) is 0.268. The SMILES string of the molecule is CCOC(=O)c1sc2nc(CN(Cc3nc4sc(C(=O)OCC)c(C)c4c(=O)[nH]3)[C@H](C)CC)[nH]c(=O)c2c1C. The summed E-state index contributed by atoms with van der Waals surface area (Å²) in [6.45, 7) is 12.0. The summed E-state index contributed by atoms with van der Waals surface area (Å²) in [5.41, 5.74) is 0.459. The molecular weight excluding hydrogens is 542 g/mol. The van der Waals surface area contributed by atoms with Crippen LogP contribution in [-0.2, 0) is 22.6 Å². The highest BCUT2D eigenvalue weighted by Gasteiger charge is 2.24. The summed E-state index contributed by atoms with van der Waals surface area (Å²) < 4.78 is 10.2. The lowest BCUT2D eigenvalue weighted by molar-refractivity contribution is 0.0521. The summed E-state index contributed by atoms with van der Waals surface area (Å²) in [7, 11) is 0. The van der Waals surface area contributed by atoms with Gasteiger partial charge in [-0.05, 0) is 52.2 Å². The largest absolute Gasteiger partial charge is 0.462 e. The maximum absolute atomic E-state index is 13.0. The number of H-pyrrole nitrogens is 2. The van der Waals surface area contributed by atoms with Gasteiger partial charge in [-0.15, -0.1) is 22.7 Å². The van der Waals surface area contributed by atoms with Gasteiger partial charge >= 0.3 is 11.9 Å². The first-order valence-electron chi connectivity index (χ1n) is 12.7. The van der Waals surface area contributed by atoms with Crippen molar-refractivity contribution in [1.82, 2.24) is 24.8 Å². The van der Waals surface area contributed by atoms with Crippen LogP contribution in [0.3, 0.4) is 0 Å². The lowest BCUT2D eigenvalue weighted by Gasteiger charge is -2.27. The van der Waals surface area contributed by atoms with Gasteiger partial charge < -0.3 is 19.4 Å². The number of esters is 2. The Morgan fingerprint density at radius 2 is 1.23 bits per heavy atom. The average molecular weight is 574 g/mol. The monoisotopic (exact) mass is 573 g/mol. The highest BCUT2D eigenvalue weighted by Crippen LogP contribution is 2.29. The fraction of sp³-hybridized carbons (Fsp3) is 0.462. The minimum atomic E-state index is -0.472. The van der Waals surface area contributed by atoms with Crippen LogP contribution in [0.25, 0.3) is 20.4 Å². The smallest absolute Gasteiger partial charge is 0.348 e. The molecule has 0 bridgehead atoms. The standard InChI is InChI=1S/C26H31N5O6S2/c1-7-12(4)31(10-15-27-21(32)17-13(5)19(25(34)36-8-2)38-23(17)29-15)11-16-28-22(33)18-14(6)20(26(35)37-9-3)39-24(18)30-16/h12H,7-11H2,1-6H3,(H,27,29,32)(H,28,30,33)/t12-/m1/s1. The summed E-state index contributed by atoms with van der Waals surface area (Å²) in [6.07, 6.45) is 0.801. The number of aryl methyl sites for hydroxylation is 2. The maximum atomic E-state index is 13.0. The predicted octanol–water partition coefficient (Wildman–Crippen LogP) is 4.05. The van der Waals surface area contributed by atoms with Gasteiger partial charge in [0.15, 0.2) is 0 Å². The van der Waals surface area contributed by atoms with Gasteiger partial charge in [-0.3, -0.25) is 14.5 Å². The van der Waals surface area contributed by atoms with E-state index in [0.29, 0.717) is 53.0 Å². The Labute approximate surface area is 232 Å². The van der Waals surface area contributed by atoms with Gasteiger partial charge in [-0.2, -0.15) is 0 Å². The summed E-state index contributed by atoms with van der Waals surface area (Å²) in [5, 5.41) is 0.757. The first-order valence-corrected chi connectivity index (χ1v) is 14.4. The Kier molecular flexibility index (Phi) is 8.62. The number of carbonyl (C=O) groups is 2. The van der Waals surface area contributed by atoms with Crippen LogP contribution in [0.5, 0.6) is 0 Å². The number of thiophene rings is 2. The number of nitrogens with zero attached hydrogens (tertiary/aromatic N) is 3. The van der Waals surface area contributed by atoms with E-state index < -0.39 is 11.9 Å². The number of nitrogens with one attached hydrogen (secondary N) is 2. The molecule has 0 aliphatic rings. The molecule has 4 aromatic heterocycles. The Balaban J connectivity index is 1.67. The van der Waals surface area contributed by atoms with Crippen LogP contribution in [0, 0.1) is 13.8 Å². The number of rotatable bonds is 10. The molecule has 208 valence electrons. The number of aromatic amines is 2. The van der Waals surface area contributed by atoms with E-state index in [1.54, 1.807) is 27.7 Å². The van der Waals surface area contributed by atoms with Gasteiger partial charge in [0.25, 0.3) is 11.1 Å². The summed E-state index contributed by atoms with van der Waals surface area (Å²) in [4.78, 5) is 69.3. The van der Waals surface area contributed by atoms with Gasteiger partial charge in [0.2, 0.25) is 0 Å². The molecule has 0 amide bonds. The lowest BCUT2D eigenvalue weighted by atomic mass is 10.2. The van der Waals surface area contributed by atoms with Crippen LogP contribution in [0.4, 0.5) is 0 Å². The summed E-state index contributed by atoms with van der Waals surface area (Å²) in [6, 6.07) is 0.0623. The number of fused-ring (bicyclic) bond motifs is 2. The third-order valence-electron chi connectivity index (χ3n) is 6.54. The zero-order chi connectivity index (χ0) is 28.4. The van der Waals surface area contributed by atoms with Crippen molar-refractivity contribution in [2.75, 3.05) is 13.2 Å². The van der Waals surface area contributed by atoms with Crippen LogP contribution in [-0.4, -0.2) is 56.0 Å². The minimum Gasteiger partial charge on any atom is -0.462 e. The molecule has 0 spiro atoms. The van der Waals surface area contributed by atoms with Crippen molar-refractivity contribution in [2.24, 2.45) is 0 Å². The maximum Gasteiger partial charge on any atom is 0.348 e. The van der Waals surface area contributed by atoms with Crippen LogP contribution in [0.1, 0.15) is 76.2 Å². The molecule has 4 rings (SSSR count). The summed E-state index contributed by atoms with van der Waals surface area (Å²) in [5.74, 6) is -0.0741. The molecule has 4 heterocycles. The second kappa shape index (κ2) is 11.8. The van der Waals surface area contributed by atoms with E-state index in [0.717, 1.165) is 29.1 Å². The predicted molar refractivity (Wildman–Crippen MR) is 151 cm³/mol. The molecule has 11 nitrogen and oxygen atoms in total. The molecule has 13 heteroatoms. The van der Waals surface area contributed by atoms with E-state index in [1.165, 1.54) is 0 Å². The fourth-order valence-corrected chi connectivity index (χ4v) is 6.51. The first-order chi connectivity index (χ1) is 18.6. The topological polar surface area (TPSA) is 147 Å². The van der Waals surface area contributed by atoms with E-state index in [1.807, 2.05) is 18.7 Å². The average Bonchev–Trinajstić information content (AvgIpc) is 3.40. The molecule has 0 saturated heterocycles. The fourth-order valence-electron chi connectivity index (χ4n) is 4.32. The van der Waals surface area contributed by atoms with Crippen molar-refractivity contribution >= 4 is 55.0 Å². The normalized spacial score (nSPS) is 12.4. The number of aromatic nitrogens is 4. The van der Waals surface area contributed by atoms with Crippen LogP contribution in [0.15, 0.2) is 9.59 Å². The zero-order valence-corrected chi connectivity index (χ0v) is 24.4. The molecule has 0 radical (unpaired) electrons. The second-order valence-corrected chi connectivity index (χ2v) is 11.1. The highest BCUT2D eigenvalue weighted by atomic mass is 32.1. The molecule has 1 atom stereocenters. The van der Waals surface area contributed by atoms with Gasteiger partial charge in [0.1, 0.15) is 31.1 Å². The molecule has 0 fully saturated rings. The molecule has 0 aromatic carbocycles. The Morgan fingerprint density at radius 1 is 0.821 bits per heavy atom. The van der Waals surface area contributed by atoms with Gasteiger partial charge in [-0.1, -0.05) is 6.92 Å². The van der Waals surface area contributed by atoms with Gasteiger partial charge in [0, 0.05) is 6.04 Å². The minimum absolute atomic E-state index is 0.0623. The van der Waals surface area contributed by atoms with Crippen LogP contribution >= 0.6 is 22.7 Å². The molecule has 0 unspecified atom stereocenters. The molecule has 0 saturated carbocycles. The third kappa shape index (κ3) is 5.65. The molecule has 39 heavy (non-hydrogen) atoms. The first kappa shape index (κ1) is 28.6. The number of carbonyl (C=O) groups excluding carboxylic acids is 2. The van der Waals surface area contributed by atoms with Crippen LogP contribution in [0.2, 0.25) is 0 Å². The van der Waals surface area contributed by atoms with Crippen molar-refractivity contribution in [1.29, 1.82) is 0 Å². The van der Waals surface area contributed by atoms with E-state index in [4.69, 9.17) is 9.47 Å². The Morgan fingerprint density at radius 3 is 1.59 bits per heavy atom. The second-order valence-electron chi connectivity index (χ2n) is 9.10. The van der Waals surface area contributed by atoms with Crippen molar-refractivity contribution in [3.05, 3.63) is 53.2 Å². The van der Waals surface area contributed by atoms with E-state index in [9.17, 15) is 19.2 Å². The number of ether oxygens (including phenoxy) is 2. The molecule has 0 aliphatic heterocycles. The Bertz CT molecular complexity index is 1550. The van der Waals surface area contributed by atoms with Crippen molar-refractivity contribution in [3.63, 3.8) is 0 Å². The van der Waals surface area contributed by atoms with Crippen molar-refractivity contribution in [2.45, 2.75) is 67.1 Å². The van der Waals surface area contributed by atoms with E-state index in [-0.39, 0.29) is 43.5 Å². The van der Waals surface area contributed by atoms with E-state index >= 15 is 0 Å². The molecular formula is C26H31N5O6S2. The molecule has 2 N–H and O–H groups in total. The highest BCUT2D eigenvalue weighted by molar-refractivity contribution is 7.21. The number of hydrogen-bond acceptors (Lipinski definition) is 11. The van der Waals surface area contributed by atoms with Crippen molar-refractivity contribution < 1.29 is 19.1 Å². The molecule has 0 aliphatic carbocycles. The summed E-state index contributed by atoms with van der Waals surface area (Å²) >= 11 is 2.28. The van der Waals surface area contributed by atoms with Crippen molar-refractivity contribution in [3.8, 4) is 0 Å². The number of hydrogen-bond donors (Lipinski definition) is 2. The molecule has 4 aromatic rings. The van der Waals surface area contributed by atoms with Crippen LogP contribution < -0.4 is 11.1 Å². The third-order valence-corrected chi connectivity index (χ3v) is 8.87.